The van der Waals surface area contributed by atoms with E-state index in [2.05, 4.69) is 5.32 Å². The zero-order valence-electron chi connectivity index (χ0n) is 9.27. The van der Waals surface area contributed by atoms with Crippen molar-refractivity contribution < 1.29 is 18.0 Å². The second-order valence-corrected chi connectivity index (χ2v) is 3.43. The minimum absolute atomic E-state index is 0.523. The van der Waals surface area contributed by atoms with Crippen LogP contribution in [0.2, 0.25) is 0 Å². The molecule has 1 aromatic carbocycles. The quantitative estimate of drug-likeness (QED) is 0.845. The van der Waals surface area contributed by atoms with E-state index in [1.165, 1.54) is 0 Å². The molecule has 0 unspecified atom stereocenters. The van der Waals surface area contributed by atoms with Crippen LogP contribution in [0, 0.1) is 0 Å². The SMILES string of the molecule is CCc1ccccc1NC(=O)NCC(F)(F)F. The third-order valence-corrected chi connectivity index (χ3v) is 2.10. The highest BCUT2D eigenvalue weighted by Crippen LogP contribution is 2.16. The zero-order valence-corrected chi connectivity index (χ0v) is 9.27. The molecule has 0 spiro atoms. The molecule has 0 saturated heterocycles. The number of carbonyl (C=O) groups is 1. The van der Waals surface area contributed by atoms with Crippen LogP contribution in [0.3, 0.4) is 0 Å². The molecule has 0 aliphatic heterocycles. The van der Waals surface area contributed by atoms with Crippen molar-refractivity contribution in [3.05, 3.63) is 29.8 Å². The van der Waals surface area contributed by atoms with Gasteiger partial charge in [-0.2, -0.15) is 13.2 Å². The van der Waals surface area contributed by atoms with Gasteiger partial charge in [0.05, 0.1) is 0 Å². The topological polar surface area (TPSA) is 41.1 Å². The average Bonchev–Trinajstić information content (AvgIpc) is 2.26. The second kappa shape index (κ2) is 5.56. The summed E-state index contributed by atoms with van der Waals surface area (Å²) in [6, 6.07) is 6.10. The first-order chi connectivity index (χ1) is 7.92. The van der Waals surface area contributed by atoms with Crippen molar-refractivity contribution in [3.8, 4) is 0 Å². The third-order valence-electron chi connectivity index (χ3n) is 2.10. The summed E-state index contributed by atoms with van der Waals surface area (Å²) in [6.45, 7) is 0.557. The van der Waals surface area contributed by atoms with E-state index in [4.69, 9.17) is 0 Å². The van der Waals surface area contributed by atoms with Gasteiger partial charge in [0.15, 0.2) is 0 Å². The van der Waals surface area contributed by atoms with Crippen LogP contribution in [0.5, 0.6) is 0 Å². The Morgan fingerprint density at radius 3 is 2.53 bits per heavy atom. The Morgan fingerprint density at radius 1 is 1.29 bits per heavy atom. The molecule has 1 aromatic rings. The molecule has 0 heterocycles. The Balaban J connectivity index is 2.56. The lowest BCUT2D eigenvalue weighted by molar-refractivity contribution is -0.122. The Hall–Kier alpha value is -1.72. The van der Waals surface area contributed by atoms with Gasteiger partial charge in [0.25, 0.3) is 0 Å². The molecule has 3 nitrogen and oxygen atoms in total. The van der Waals surface area contributed by atoms with E-state index in [0.29, 0.717) is 12.1 Å². The molecule has 0 aliphatic carbocycles. The van der Waals surface area contributed by atoms with Crippen molar-refractivity contribution in [2.24, 2.45) is 0 Å². The number of nitrogens with one attached hydrogen (secondary N) is 2. The summed E-state index contributed by atoms with van der Waals surface area (Å²) < 4.78 is 35.6. The Kier molecular flexibility index (Phi) is 4.37. The van der Waals surface area contributed by atoms with Crippen LogP contribution in [0.15, 0.2) is 24.3 Å². The van der Waals surface area contributed by atoms with Crippen LogP contribution in [0.1, 0.15) is 12.5 Å². The number of aryl methyl sites for hydroxylation is 1. The van der Waals surface area contributed by atoms with Gasteiger partial charge in [-0.15, -0.1) is 0 Å². The fourth-order valence-electron chi connectivity index (χ4n) is 1.30. The molecular formula is C11H13F3N2O. The molecule has 0 atom stereocenters. The summed E-state index contributed by atoms with van der Waals surface area (Å²) in [6.07, 6.45) is -3.71. The molecule has 94 valence electrons. The summed E-state index contributed by atoms with van der Waals surface area (Å²) in [5, 5.41) is 4.13. The molecule has 2 N–H and O–H groups in total. The maximum absolute atomic E-state index is 11.9. The standard InChI is InChI=1S/C11H13F3N2O/c1-2-8-5-3-4-6-9(8)16-10(17)15-7-11(12,13)14/h3-6H,2,7H2,1H3,(H2,15,16,17). The molecule has 0 aliphatic rings. The second-order valence-electron chi connectivity index (χ2n) is 3.43. The normalized spacial score (nSPS) is 11.1. The summed E-state index contributed by atoms with van der Waals surface area (Å²) in [7, 11) is 0. The number of anilines is 1. The number of rotatable bonds is 3. The van der Waals surface area contributed by atoms with E-state index in [0.717, 1.165) is 5.56 Å². The average molecular weight is 246 g/mol. The lowest BCUT2D eigenvalue weighted by Gasteiger charge is -2.12. The van der Waals surface area contributed by atoms with Gasteiger partial charge in [-0.3, -0.25) is 0 Å². The number of carbonyl (C=O) groups excluding carboxylic acids is 1. The third kappa shape index (κ3) is 4.76. The number of urea groups is 1. The fourth-order valence-corrected chi connectivity index (χ4v) is 1.30. The van der Waals surface area contributed by atoms with E-state index < -0.39 is 18.8 Å². The Bertz CT molecular complexity index is 391. The first-order valence-electron chi connectivity index (χ1n) is 5.12. The van der Waals surface area contributed by atoms with Crippen LogP contribution in [0.25, 0.3) is 0 Å². The molecular weight excluding hydrogens is 233 g/mol. The van der Waals surface area contributed by atoms with Gasteiger partial charge in [0, 0.05) is 5.69 Å². The van der Waals surface area contributed by atoms with Gasteiger partial charge in [0.1, 0.15) is 6.54 Å². The molecule has 0 fully saturated rings. The van der Waals surface area contributed by atoms with E-state index in [9.17, 15) is 18.0 Å². The lowest BCUT2D eigenvalue weighted by Crippen LogP contribution is -2.36. The van der Waals surface area contributed by atoms with Gasteiger partial charge in [0.2, 0.25) is 0 Å². The molecule has 1 rings (SSSR count). The molecule has 0 aromatic heterocycles. The van der Waals surface area contributed by atoms with Crippen molar-refractivity contribution in [1.29, 1.82) is 0 Å². The van der Waals surface area contributed by atoms with Gasteiger partial charge < -0.3 is 10.6 Å². The molecule has 2 amide bonds. The summed E-state index contributed by atoms with van der Waals surface area (Å²) >= 11 is 0. The predicted molar refractivity (Wildman–Crippen MR) is 58.9 cm³/mol. The number of alkyl halides is 3. The van der Waals surface area contributed by atoms with Crippen molar-refractivity contribution >= 4 is 11.7 Å². The first kappa shape index (κ1) is 13.3. The van der Waals surface area contributed by atoms with E-state index in [1.54, 1.807) is 29.6 Å². The highest BCUT2D eigenvalue weighted by molar-refractivity contribution is 5.90. The van der Waals surface area contributed by atoms with Crippen LogP contribution in [-0.2, 0) is 6.42 Å². The van der Waals surface area contributed by atoms with Crippen LogP contribution in [-0.4, -0.2) is 18.8 Å². The predicted octanol–water partition coefficient (Wildman–Crippen LogP) is 2.93. The molecule has 0 bridgehead atoms. The minimum atomic E-state index is -4.40. The van der Waals surface area contributed by atoms with Gasteiger partial charge in [-0.1, -0.05) is 25.1 Å². The van der Waals surface area contributed by atoms with Gasteiger partial charge in [-0.25, -0.2) is 4.79 Å². The van der Waals surface area contributed by atoms with Gasteiger partial charge >= 0.3 is 12.2 Å². The van der Waals surface area contributed by atoms with Crippen LogP contribution < -0.4 is 10.6 Å². The van der Waals surface area contributed by atoms with E-state index in [-0.39, 0.29) is 0 Å². The maximum atomic E-state index is 11.9. The summed E-state index contributed by atoms with van der Waals surface area (Å²) in [4.78, 5) is 11.2. The van der Waals surface area contributed by atoms with Crippen molar-refractivity contribution in [2.75, 3.05) is 11.9 Å². The number of para-hydroxylation sites is 1. The van der Waals surface area contributed by atoms with Gasteiger partial charge in [-0.05, 0) is 18.1 Å². The van der Waals surface area contributed by atoms with Crippen LogP contribution >= 0.6 is 0 Å². The largest absolute Gasteiger partial charge is 0.405 e. The summed E-state index contributed by atoms with van der Waals surface area (Å²) in [5.41, 5.74) is 1.39. The highest BCUT2D eigenvalue weighted by Gasteiger charge is 2.27. The number of hydrogen-bond donors (Lipinski definition) is 2. The molecule has 17 heavy (non-hydrogen) atoms. The van der Waals surface area contributed by atoms with Crippen LogP contribution in [0.4, 0.5) is 23.7 Å². The summed E-state index contributed by atoms with van der Waals surface area (Å²) in [5.74, 6) is 0. The maximum Gasteiger partial charge on any atom is 0.405 e. The number of halogens is 3. The smallest absolute Gasteiger partial charge is 0.329 e. The number of amides is 2. The molecule has 0 saturated carbocycles. The van der Waals surface area contributed by atoms with Crippen molar-refractivity contribution in [3.63, 3.8) is 0 Å². The minimum Gasteiger partial charge on any atom is -0.329 e. The monoisotopic (exact) mass is 246 g/mol. The van der Waals surface area contributed by atoms with Crippen molar-refractivity contribution in [1.82, 2.24) is 5.32 Å². The van der Waals surface area contributed by atoms with E-state index in [1.807, 2.05) is 6.92 Å². The number of hydrogen-bond acceptors (Lipinski definition) is 1. The number of benzene rings is 1. The molecule has 6 heteroatoms. The molecule has 0 radical (unpaired) electrons. The van der Waals surface area contributed by atoms with Crippen molar-refractivity contribution in [2.45, 2.75) is 19.5 Å². The Morgan fingerprint density at radius 2 is 1.94 bits per heavy atom. The first-order valence-corrected chi connectivity index (χ1v) is 5.12. The fraction of sp³-hybridized carbons (Fsp3) is 0.364. The van der Waals surface area contributed by atoms with E-state index >= 15 is 0 Å². The highest BCUT2D eigenvalue weighted by atomic mass is 19.4. The Labute approximate surface area is 97.0 Å². The zero-order chi connectivity index (χ0) is 12.9. The lowest BCUT2D eigenvalue weighted by atomic mass is 10.1.